The van der Waals surface area contributed by atoms with E-state index < -0.39 is 5.82 Å². The van der Waals surface area contributed by atoms with Crippen molar-refractivity contribution in [3.63, 3.8) is 0 Å². The van der Waals surface area contributed by atoms with Crippen molar-refractivity contribution in [2.24, 2.45) is 7.05 Å². The van der Waals surface area contributed by atoms with Crippen LogP contribution in [0.25, 0.3) is 45.1 Å². The highest BCUT2D eigenvalue weighted by Gasteiger charge is 2.26. The number of rotatable bonds is 5. The van der Waals surface area contributed by atoms with Gasteiger partial charge >= 0.3 is 0 Å². The number of carbonyl (C=O) groups is 1. The topological polar surface area (TPSA) is 73.8 Å². The van der Waals surface area contributed by atoms with Crippen LogP contribution in [-0.4, -0.2) is 26.0 Å². The Balaban J connectivity index is 1.55. The summed E-state index contributed by atoms with van der Waals surface area (Å²) in [6.07, 6.45) is 4.29. The maximum atomic E-state index is 14.5. The SMILES string of the molecule is Cn1cnnc1-c1cc(F)ccc1-c1cc(-c2nc3cc(C=O)cc(F)c3o2)cc(C2CC2)c1. The van der Waals surface area contributed by atoms with Gasteiger partial charge in [-0.15, -0.1) is 10.2 Å². The van der Waals surface area contributed by atoms with E-state index in [1.165, 1.54) is 18.2 Å². The Morgan fingerprint density at radius 3 is 2.59 bits per heavy atom. The maximum Gasteiger partial charge on any atom is 0.227 e. The second-order valence-corrected chi connectivity index (χ2v) is 8.56. The summed E-state index contributed by atoms with van der Waals surface area (Å²) >= 11 is 0. The number of oxazole rings is 1. The normalized spacial score (nSPS) is 13.5. The lowest BCUT2D eigenvalue weighted by Crippen LogP contribution is -1.96. The molecule has 2 heterocycles. The Kier molecular flexibility index (Phi) is 4.62. The number of hydrogen-bond acceptors (Lipinski definition) is 5. The van der Waals surface area contributed by atoms with Crippen molar-refractivity contribution < 1.29 is 18.0 Å². The third-order valence-electron chi connectivity index (χ3n) is 6.10. The van der Waals surface area contributed by atoms with Gasteiger partial charge in [-0.3, -0.25) is 4.79 Å². The lowest BCUT2D eigenvalue weighted by atomic mass is 9.94. The van der Waals surface area contributed by atoms with Crippen molar-refractivity contribution >= 4 is 17.4 Å². The first kappa shape index (κ1) is 20.4. The van der Waals surface area contributed by atoms with Crippen LogP contribution >= 0.6 is 0 Å². The predicted molar refractivity (Wildman–Crippen MR) is 122 cm³/mol. The number of aromatic nitrogens is 4. The molecule has 34 heavy (non-hydrogen) atoms. The van der Waals surface area contributed by atoms with Gasteiger partial charge in [-0.1, -0.05) is 12.1 Å². The molecule has 1 saturated carbocycles. The molecule has 168 valence electrons. The Labute approximate surface area is 192 Å². The third kappa shape index (κ3) is 3.48. The van der Waals surface area contributed by atoms with E-state index in [2.05, 4.69) is 21.2 Å². The number of carbonyl (C=O) groups excluding carboxylic acids is 1. The monoisotopic (exact) mass is 456 g/mol. The molecule has 0 amide bonds. The van der Waals surface area contributed by atoms with E-state index in [0.717, 1.165) is 35.6 Å². The lowest BCUT2D eigenvalue weighted by Gasteiger charge is -2.12. The molecule has 0 radical (unpaired) electrons. The van der Waals surface area contributed by atoms with Crippen LogP contribution in [0.3, 0.4) is 0 Å². The summed E-state index contributed by atoms with van der Waals surface area (Å²) in [5.74, 6) is 0.196. The van der Waals surface area contributed by atoms with E-state index in [9.17, 15) is 13.6 Å². The van der Waals surface area contributed by atoms with Crippen molar-refractivity contribution in [3.8, 4) is 34.0 Å². The molecule has 0 atom stereocenters. The van der Waals surface area contributed by atoms with Crippen LogP contribution in [0.5, 0.6) is 0 Å². The van der Waals surface area contributed by atoms with Crippen LogP contribution in [0.1, 0.15) is 34.7 Å². The average molecular weight is 456 g/mol. The molecule has 3 aromatic carbocycles. The lowest BCUT2D eigenvalue weighted by molar-refractivity contribution is 0.112. The van der Waals surface area contributed by atoms with E-state index in [1.54, 1.807) is 24.0 Å². The molecule has 0 spiro atoms. The van der Waals surface area contributed by atoms with Gasteiger partial charge in [0.1, 0.15) is 23.9 Å². The molecule has 8 heteroatoms. The maximum absolute atomic E-state index is 14.5. The number of hydrogen-bond donors (Lipinski definition) is 0. The summed E-state index contributed by atoms with van der Waals surface area (Å²) in [5.41, 5.74) is 4.49. The van der Waals surface area contributed by atoms with Crippen molar-refractivity contribution in [3.05, 3.63) is 77.6 Å². The van der Waals surface area contributed by atoms with Gasteiger partial charge in [-0.25, -0.2) is 13.8 Å². The fourth-order valence-electron chi connectivity index (χ4n) is 4.27. The second kappa shape index (κ2) is 7.69. The first-order valence-corrected chi connectivity index (χ1v) is 10.8. The van der Waals surface area contributed by atoms with Gasteiger partial charge in [0.25, 0.3) is 0 Å². The van der Waals surface area contributed by atoms with E-state index in [0.29, 0.717) is 29.2 Å². The van der Waals surface area contributed by atoms with Crippen LogP contribution in [0.2, 0.25) is 0 Å². The molecule has 0 aliphatic heterocycles. The second-order valence-electron chi connectivity index (χ2n) is 8.56. The summed E-state index contributed by atoms with van der Waals surface area (Å²) in [6, 6.07) is 13.2. The highest BCUT2D eigenvalue weighted by molar-refractivity contribution is 5.87. The summed E-state index contributed by atoms with van der Waals surface area (Å²) in [6.45, 7) is 0. The number of aryl methyl sites for hydroxylation is 1. The molecule has 1 aliphatic carbocycles. The van der Waals surface area contributed by atoms with E-state index >= 15 is 0 Å². The van der Waals surface area contributed by atoms with Gasteiger partial charge in [0, 0.05) is 23.7 Å². The molecule has 0 bridgehead atoms. The predicted octanol–water partition coefficient (Wildman–Crippen LogP) is 5.93. The van der Waals surface area contributed by atoms with Crippen molar-refractivity contribution in [2.75, 3.05) is 0 Å². The quantitative estimate of drug-likeness (QED) is 0.307. The van der Waals surface area contributed by atoms with Crippen LogP contribution in [-0.2, 0) is 7.05 Å². The molecule has 0 N–H and O–H groups in total. The molecular weight excluding hydrogens is 438 g/mol. The van der Waals surface area contributed by atoms with Gasteiger partial charge in [0.15, 0.2) is 17.2 Å². The molecule has 6 rings (SSSR count). The van der Waals surface area contributed by atoms with Crippen LogP contribution in [0.15, 0.2) is 59.3 Å². The molecule has 5 aromatic rings. The van der Waals surface area contributed by atoms with E-state index in [4.69, 9.17) is 4.42 Å². The number of aldehydes is 1. The highest BCUT2D eigenvalue weighted by Crippen LogP contribution is 2.44. The van der Waals surface area contributed by atoms with Crippen molar-refractivity contribution in [1.82, 2.24) is 19.7 Å². The van der Waals surface area contributed by atoms with Gasteiger partial charge in [-0.2, -0.15) is 0 Å². The minimum absolute atomic E-state index is 0.000492. The van der Waals surface area contributed by atoms with Crippen LogP contribution in [0, 0.1) is 11.6 Å². The van der Waals surface area contributed by atoms with Crippen molar-refractivity contribution in [2.45, 2.75) is 18.8 Å². The van der Waals surface area contributed by atoms with Crippen molar-refractivity contribution in [1.29, 1.82) is 0 Å². The summed E-state index contributed by atoms with van der Waals surface area (Å²) in [5, 5.41) is 8.10. The molecule has 6 nitrogen and oxygen atoms in total. The molecule has 1 fully saturated rings. The average Bonchev–Trinajstić information content (AvgIpc) is 3.46. The highest BCUT2D eigenvalue weighted by atomic mass is 19.1. The van der Waals surface area contributed by atoms with Gasteiger partial charge in [0.05, 0.1) is 0 Å². The number of halogens is 2. The first-order chi connectivity index (χ1) is 16.5. The minimum atomic E-state index is -0.639. The zero-order valence-corrected chi connectivity index (χ0v) is 18.1. The Morgan fingerprint density at radius 1 is 1.03 bits per heavy atom. The summed E-state index contributed by atoms with van der Waals surface area (Å²) in [7, 11) is 1.80. The smallest absolute Gasteiger partial charge is 0.227 e. The van der Waals surface area contributed by atoms with Crippen LogP contribution in [0.4, 0.5) is 8.78 Å². The van der Waals surface area contributed by atoms with Gasteiger partial charge < -0.3 is 8.98 Å². The number of benzene rings is 3. The Bertz CT molecular complexity index is 1580. The van der Waals surface area contributed by atoms with Gasteiger partial charge in [0.2, 0.25) is 5.89 Å². The largest absolute Gasteiger partial charge is 0.433 e. The molecule has 0 unspecified atom stereocenters. The molecule has 2 aromatic heterocycles. The standard InChI is InChI=1S/C26H18F2N4O2/c1-32-13-29-31-25(32)21-11-19(27)4-5-20(21)17-8-16(15-2-3-15)9-18(10-17)26-30-23-7-14(12-33)6-22(28)24(23)34-26/h4-13,15H,2-3H2,1H3. The minimum Gasteiger partial charge on any atom is -0.433 e. The fourth-order valence-corrected chi connectivity index (χ4v) is 4.27. The fraction of sp³-hybridized carbons (Fsp3) is 0.154. The van der Waals surface area contributed by atoms with E-state index in [-0.39, 0.29) is 28.4 Å². The molecular formula is C26H18F2N4O2. The third-order valence-corrected chi connectivity index (χ3v) is 6.10. The summed E-state index contributed by atoms with van der Waals surface area (Å²) in [4.78, 5) is 15.6. The van der Waals surface area contributed by atoms with E-state index in [1.807, 2.05) is 12.1 Å². The Morgan fingerprint density at radius 2 is 1.85 bits per heavy atom. The van der Waals surface area contributed by atoms with Crippen LogP contribution < -0.4 is 0 Å². The summed E-state index contributed by atoms with van der Waals surface area (Å²) < 4.78 is 36.2. The Hall–Kier alpha value is -4.20. The first-order valence-electron chi connectivity index (χ1n) is 10.8. The zero-order chi connectivity index (χ0) is 23.4. The molecule has 1 aliphatic rings. The number of fused-ring (bicyclic) bond motifs is 1. The molecule has 0 saturated heterocycles. The zero-order valence-electron chi connectivity index (χ0n) is 18.1. The van der Waals surface area contributed by atoms with Gasteiger partial charge in [-0.05, 0) is 71.8 Å². The number of nitrogens with zero attached hydrogens (tertiary/aromatic N) is 4.